The highest BCUT2D eigenvalue weighted by Gasteiger charge is 2.74. The zero-order valence-corrected chi connectivity index (χ0v) is 18.1. The van der Waals surface area contributed by atoms with Gasteiger partial charge in [-0.25, -0.2) is 0 Å². The van der Waals surface area contributed by atoms with Gasteiger partial charge in [0.15, 0.2) is 11.4 Å². The summed E-state index contributed by atoms with van der Waals surface area (Å²) in [7, 11) is 2.78. The number of amides is 1. The van der Waals surface area contributed by atoms with Crippen LogP contribution >= 0.6 is 0 Å². The van der Waals surface area contributed by atoms with Crippen molar-refractivity contribution in [1.29, 1.82) is 0 Å². The number of ketones is 3. The zero-order chi connectivity index (χ0) is 24.8. The van der Waals surface area contributed by atoms with E-state index in [-0.39, 0.29) is 17.5 Å². The van der Waals surface area contributed by atoms with Crippen molar-refractivity contribution in [1.82, 2.24) is 4.90 Å². The van der Waals surface area contributed by atoms with Crippen LogP contribution in [0.1, 0.15) is 24.5 Å². The molecule has 4 rings (SSSR count). The average molecular weight is 460 g/mol. The van der Waals surface area contributed by atoms with Crippen LogP contribution in [-0.2, 0) is 24.8 Å². The topological polar surface area (TPSA) is 199 Å². The molecule has 2 saturated carbocycles. The lowest BCUT2D eigenvalue weighted by atomic mass is 9.51. The summed E-state index contributed by atoms with van der Waals surface area (Å²) in [4.78, 5) is 53.2. The largest absolute Gasteiger partial charge is 0.507 e. The Morgan fingerprint density at radius 1 is 1.12 bits per heavy atom. The molecule has 33 heavy (non-hydrogen) atoms. The third-order valence-electron chi connectivity index (χ3n) is 7.32. The Morgan fingerprint density at radius 3 is 2.27 bits per heavy atom. The normalized spacial score (nSPS) is 38.2. The monoisotopic (exact) mass is 460 g/mol. The number of likely N-dealkylation sites (N-methyl/N-ethyl adjacent to an activating group) is 1. The fourth-order valence-corrected chi connectivity index (χ4v) is 5.63. The first-order valence-corrected chi connectivity index (χ1v) is 10.2. The molecule has 1 aromatic rings. The second-order valence-corrected chi connectivity index (χ2v) is 9.28. The molecule has 1 aromatic carbocycles. The van der Waals surface area contributed by atoms with Crippen LogP contribution in [-0.4, -0.2) is 85.0 Å². The second kappa shape index (κ2) is 6.70. The number of phenols is 1. The Bertz CT molecular complexity index is 1170. The van der Waals surface area contributed by atoms with E-state index in [1.165, 1.54) is 44.1 Å². The van der Waals surface area contributed by atoms with Gasteiger partial charge in [-0.2, -0.15) is 0 Å². The number of Topliss-reactive ketones (excluding diaryl/α,β-unsaturated/α-hetero) is 3. The van der Waals surface area contributed by atoms with Crippen molar-refractivity contribution in [2.45, 2.75) is 36.2 Å². The molecule has 1 amide bonds. The summed E-state index contributed by atoms with van der Waals surface area (Å²) in [5.41, 5.74) is -3.99. The molecule has 3 aliphatic carbocycles. The minimum atomic E-state index is -3.48. The van der Waals surface area contributed by atoms with Crippen LogP contribution in [0.2, 0.25) is 0 Å². The number of primary amides is 1. The number of rotatable bonds is 2. The summed E-state index contributed by atoms with van der Waals surface area (Å²) < 4.78 is 0. The number of aliphatic hydroxyl groups is 4. The van der Waals surface area contributed by atoms with Crippen molar-refractivity contribution in [3.63, 3.8) is 0 Å². The van der Waals surface area contributed by atoms with Gasteiger partial charge in [0, 0.05) is 17.4 Å². The molecule has 3 aliphatic rings. The minimum absolute atomic E-state index is 0.107. The molecule has 0 heterocycles. The number of carbonyl (C=O) groups is 4. The quantitative estimate of drug-likeness (QED) is 0.271. The summed E-state index contributed by atoms with van der Waals surface area (Å²) in [6.45, 7) is 1.34. The molecule has 2 fully saturated rings. The maximum absolute atomic E-state index is 13.7. The van der Waals surface area contributed by atoms with E-state index in [4.69, 9.17) is 5.73 Å². The predicted molar refractivity (Wildman–Crippen MR) is 110 cm³/mol. The van der Waals surface area contributed by atoms with E-state index in [2.05, 4.69) is 0 Å². The van der Waals surface area contributed by atoms with Crippen molar-refractivity contribution in [3.8, 4) is 5.75 Å². The van der Waals surface area contributed by atoms with Gasteiger partial charge >= 0.3 is 0 Å². The Hall–Kier alpha value is -3.12. The van der Waals surface area contributed by atoms with E-state index < -0.39 is 75.0 Å². The maximum Gasteiger partial charge on any atom is 0.265 e. The van der Waals surface area contributed by atoms with Crippen molar-refractivity contribution >= 4 is 29.0 Å². The van der Waals surface area contributed by atoms with Gasteiger partial charge in [-0.1, -0.05) is 12.1 Å². The van der Waals surface area contributed by atoms with E-state index in [0.717, 1.165) is 0 Å². The average Bonchev–Trinajstić information content (AvgIpc) is 2.72. The molecule has 7 N–H and O–H groups in total. The van der Waals surface area contributed by atoms with Gasteiger partial charge in [0.05, 0.1) is 17.2 Å². The molecule has 0 bridgehead atoms. The molecule has 0 radical (unpaired) electrons. The number of hydrogen-bond acceptors (Lipinski definition) is 10. The van der Waals surface area contributed by atoms with Crippen LogP contribution in [0, 0.1) is 11.8 Å². The number of aromatic hydroxyl groups is 1. The fourth-order valence-electron chi connectivity index (χ4n) is 5.63. The predicted octanol–water partition coefficient (Wildman–Crippen LogP) is -1.88. The number of nitrogens with zero attached hydrogens (tertiary/aromatic N) is 1. The molecular formula is C22H24N2O9. The number of aliphatic hydroxyl groups excluding tert-OH is 1. The molecule has 1 unspecified atom stereocenters. The Labute approximate surface area is 187 Å². The lowest BCUT2D eigenvalue weighted by Gasteiger charge is -2.54. The van der Waals surface area contributed by atoms with Gasteiger partial charge in [0.25, 0.3) is 11.5 Å². The molecule has 11 heteroatoms. The highest BCUT2D eigenvalue weighted by molar-refractivity contribution is 6.38. The Kier molecular flexibility index (Phi) is 4.68. The second-order valence-electron chi connectivity index (χ2n) is 9.28. The van der Waals surface area contributed by atoms with Crippen LogP contribution in [0.15, 0.2) is 23.8 Å². The summed E-state index contributed by atoms with van der Waals surface area (Å²) in [6, 6.07) is 2.60. The van der Waals surface area contributed by atoms with Crippen molar-refractivity contribution < 1.29 is 44.7 Å². The molecule has 11 nitrogen and oxygen atoms in total. The number of benzene rings is 1. The lowest BCUT2D eigenvalue weighted by molar-refractivity contribution is -0.193. The molecular weight excluding hydrogens is 436 g/mol. The van der Waals surface area contributed by atoms with Crippen LogP contribution in [0.4, 0.5) is 0 Å². The summed E-state index contributed by atoms with van der Waals surface area (Å²) in [5, 5.41) is 54.8. The lowest BCUT2D eigenvalue weighted by Crippen LogP contribution is -2.79. The highest BCUT2D eigenvalue weighted by Crippen LogP contribution is 2.56. The highest BCUT2D eigenvalue weighted by atomic mass is 16.4. The summed E-state index contributed by atoms with van der Waals surface area (Å²) >= 11 is 0. The van der Waals surface area contributed by atoms with Crippen molar-refractivity contribution in [2.75, 3.05) is 14.1 Å². The standard InChI is InChI=1S/C22H24N2O9/c1-20(31)8-5-4-6-11(25)12(8)15(26)13-9(20)7-10-14(24(2)3)17(28)22(33,19(23)30)18(29)21(10,32)16(13)27/h4-6,9-10,14,25-26,31-33H,7H2,1-3H3,(H2,23,30)/t9-,10-,14-,20+,21-,22?/m0/s1. The van der Waals surface area contributed by atoms with E-state index in [1.807, 2.05) is 0 Å². The first-order chi connectivity index (χ1) is 15.1. The minimum Gasteiger partial charge on any atom is -0.507 e. The van der Waals surface area contributed by atoms with Gasteiger partial charge in [-0.15, -0.1) is 0 Å². The summed E-state index contributed by atoms with van der Waals surface area (Å²) in [5.74, 6) is -10.1. The first kappa shape index (κ1) is 23.1. The zero-order valence-electron chi connectivity index (χ0n) is 18.1. The molecule has 0 aromatic heterocycles. The van der Waals surface area contributed by atoms with Gasteiger partial charge in [0.2, 0.25) is 11.6 Å². The number of hydrogen-bond donors (Lipinski definition) is 6. The van der Waals surface area contributed by atoms with Gasteiger partial charge in [-0.05, 0) is 39.1 Å². The van der Waals surface area contributed by atoms with E-state index >= 15 is 0 Å². The molecule has 6 atom stereocenters. The number of nitrogens with two attached hydrogens (primary N) is 1. The molecule has 176 valence electrons. The summed E-state index contributed by atoms with van der Waals surface area (Å²) in [6.07, 6.45) is -0.348. The molecule has 0 aliphatic heterocycles. The van der Waals surface area contributed by atoms with Gasteiger partial charge < -0.3 is 31.3 Å². The fraction of sp³-hybridized carbons (Fsp3) is 0.455. The number of phenolic OH excluding ortho intramolecular Hbond substituents is 1. The van der Waals surface area contributed by atoms with E-state index in [0.29, 0.717) is 0 Å². The Balaban J connectivity index is 2.03. The maximum atomic E-state index is 13.7. The first-order valence-electron chi connectivity index (χ1n) is 10.2. The molecule has 0 spiro atoms. The van der Waals surface area contributed by atoms with Crippen LogP contribution in [0.25, 0.3) is 5.76 Å². The van der Waals surface area contributed by atoms with E-state index in [1.54, 1.807) is 0 Å². The molecule has 0 saturated heterocycles. The van der Waals surface area contributed by atoms with Crippen molar-refractivity contribution in [3.05, 3.63) is 34.9 Å². The van der Waals surface area contributed by atoms with Gasteiger partial charge in [-0.3, -0.25) is 24.1 Å². The SMILES string of the molecule is CN(C)[C@@H]1C(=O)C(O)(C(N)=O)C(=O)[C@@]2(O)C(=O)C3=C(O)c4c(O)cccc4[C@@](C)(O)[C@H]3C[C@@H]12. The van der Waals surface area contributed by atoms with Crippen LogP contribution < -0.4 is 5.73 Å². The number of fused-ring (bicyclic) bond motifs is 3. The third-order valence-corrected chi connectivity index (χ3v) is 7.32. The Morgan fingerprint density at radius 2 is 1.73 bits per heavy atom. The van der Waals surface area contributed by atoms with Crippen LogP contribution in [0.5, 0.6) is 5.75 Å². The number of carbonyl (C=O) groups excluding carboxylic acids is 4. The smallest absolute Gasteiger partial charge is 0.265 e. The van der Waals surface area contributed by atoms with Crippen molar-refractivity contribution in [2.24, 2.45) is 17.6 Å². The van der Waals surface area contributed by atoms with E-state index in [9.17, 15) is 44.7 Å². The van der Waals surface area contributed by atoms with Crippen LogP contribution in [0.3, 0.4) is 0 Å². The third kappa shape index (κ3) is 2.53. The van der Waals surface area contributed by atoms with Gasteiger partial charge in [0.1, 0.15) is 11.5 Å².